The first-order valence-electron chi connectivity index (χ1n) is 4.44. The molecule has 1 rings (SSSR count). The second-order valence-corrected chi connectivity index (χ2v) is 4.25. The normalized spacial score (nSPS) is 10.0. The van der Waals surface area contributed by atoms with E-state index in [0.29, 0.717) is 17.4 Å². The summed E-state index contributed by atoms with van der Waals surface area (Å²) >= 11 is 1.36. The molecule has 0 atom stereocenters. The molecule has 6 heteroatoms. The van der Waals surface area contributed by atoms with Gasteiger partial charge in [0.2, 0.25) is 0 Å². The minimum absolute atomic E-state index is 0.0357. The molecule has 0 bridgehead atoms. The van der Waals surface area contributed by atoms with E-state index in [0.717, 1.165) is 4.88 Å². The molecule has 0 spiro atoms. The topological polar surface area (TPSA) is 79.3 Å². The molecule has 2 N–H and O–H groups in total. The summed E-state index contributed by atoms with van der Waals surface area (Å²) in [5.41, 5.74) is 0.456. The van der Waals surface area contributed by atoms with Crippen molar-refractivity contribution in [3.8, 4) is 0 Å². The van der Waals surface area contributed by atoms with Crippen molar-refractivity contribution in [2.45, 2.75) is 20.3 Å². The Kier molecular flexibility index (Phi) is 3.79. The van der Waals surface area contributed by atoms with Crippen LogP contribution < -0.4 is 5.32 Å². The number of carboxylic acid groups (broad SMARTS) is 1. The number of nitrogens with one attached hydrogen (secondary N) is 1. The quantitative estimate of drug-likeness (QED) is 0.747. The number of Topliss-reactive ketones (excluding diaryl/α,β-unsaturated/α-hetero) is 1. The fraction of sp³-hybridized carbons (Fsp3) is 0.444. The summed E-state index contributed by atoms with van der Waals surface area (Å²) in [5, 5.41) is 11.9. The van der Waals surface area contributed by atoms with E-state index < -0.39 is 5.97 Å². The number of anilines is 1. The zero-order valence-corrected chi connectivity index (χ0v) is 9.35. The number of aromatic nitrogens is 1. The van der Waals surface area contributed by atoms with Crippen molar-refractivity contribution < 1.29 is 14.7 Å². The fourth-order valence-corrected chi connectivity index (χ4v) is 1.96. The van der Waals surface area contributed by atoms with Crippen LogP contribution in [0, 0.1) is 6.92 Å². The number of carboxylic acids is 1. The van der Waals surface area contributed by atoms with Crippen molar-refractivity contribution in [2.75, 3.05) is 11.9 Å². The Morgan fingerprint density at radius 1 is 1.53 bits per heavy atom. The van der Waals surface area contributed by atoms with Crippen LogP contribution in [-0.2, 0) is 4.79 Å². The summed E-state index contributed by atoms with van der Waals surface area (Å²) in [6, 6.07) is 0. The number of carbonyl (C=O) groups excluding carboxylic acids is 1. The largest absolute Gasteiger partial charge is 0.481 e. The maximum Gasteiger partial charge on any atom is 0.305 e. The summed E-state index contributed by atoms with van der Waals surface area (Å²) in [6.07, 6.45) is 0.0357. The number of aliphatic carboxylic acids is 1. The van der Waals surface area contributed by atoms with Gasteiger partial charge in [0, 0.05) is 18.3 Å². The van der Waals surface area contributed by atoms with Gasteiger partial charge in [0.05, 0.1) is 6.42 Å². The third kappa shape index (κ3) is 3.32. The van der Waals surface area contributed by atoms with E-state index in [4.69, 9.17) is 5.11 Å². The predicted molar refractivity (Wildman–Crippen MR) is 57.6 cm³/mol. The highest BCUT2D eigenvalue weighted by Gasteiger charge is 2.11. The fourth-order valence-electron chi connectivity index (χ4n) is 1.08. The summed E-state index contributed by atoms with van der Waals surface area (Å²) < 4.78 is 0. The number of hydrogen-bond acceptors (Lipinski definition) is 5. The molecule has 0 aliphatic heterocycles. The minimum atomic E-state index is -0.859. The lowest BCUT2D eigenvalue weighted by Gasteiger charge is -1.97. The van der Waals surface area contributed by atoms with E-state index in [-0.39, 0.29) is 12.2 Å². The lowest BCUT2D eigenvalue weighted by molar-refractivity contribution is -0.136. The molecule has 0 radical (unpaired) electrons. The van der Waals surface area contributed by atoms with Crippen LogP contribution in [0.15, 0.2) is 0 Å². The Morgan fingerprint density at radius 3 is 2.67 bits per heavy atom. The van der Waals surface area contributed by atoms with E-state index in [9.17, 15) is 9.59 Å². The molecule has 1 aromatic heterocycles. The highest BCUT2D eigenvalue weighted by atomic mass is 32.1. The van der Waals surface area contributed by atoms with Gasteiger partial charge in [-0.15, -0.1) is 11.3 Å². The number of carbonyl (C=O) groups is 2. The molecule has 5 nitrogen and oxygen atoms in total. The molecule has 0 unspecified atom stereocenters. The van der Waals surface area contributed by atoms with Crippen LogP contribution >= 0.6 is 11.3 Å². The average Bonchev–Trinajstić information content (AvgIpc) is 2.46. The summed E-state index contributed by atoms with van der Waals surface area (Å²) in [5.74, 6) is -0.933. The molecule has 0 aromatic carbocycles. The van der Waals surface area contributed by atoms with Gasteiger partial charge in [-0.1, -0.05) is 0 Å². The van der Waals surface area contributed by atoms with Crippen LogP contribution in [0.2, 0.25) is 0 Å². The van der Waals surface area contributed by atoms with Crippen LogP contribution in [0.5, 0.6) is 0 Å². The van der Waals surface area contributed by atoms with E-state index in [1.807, 2.05) is 6.92 Å². The standard InChI is InChI=1S/C9H12N2O3S/c1-5(12)8-6(2)15-9(11-8)10-4-3-7(13)14/h3-4H2,1-2H3,(H,10,11)(H,13,14). The highest BCUT2D eigenvalue weighted by Crippen LogP contribution is 2.22. The molecule has 0 aliphatic rings. The van der Waals surface area contributed by atoms with Gasteiger partial charge in [0.1, 0.15) is 5.69 Å². The SMILES string of the molecule is CC(=O)c1nc(NCCC(=O)O)sc1C. The van der Waals surface area contributed by atoms with E-state index >= 15 is 0 Å². The Morgan fingerprint density at radius 2 is 2.20 bits per heavy atom. The maximum absolute atomic E-state index is 11.1. The number of ketones is 1. The van der Waals surface area contributed by atoms with Crippen molar-refractivity contribution >= 4 is 28.2 Å². The molecular formula is C9H12N2O3S. The third-order valence-corrected chi connectivity index (χ3v) is 2.67. The number of thiazole rings is 1. The number of hydrogen-bond donors (Lipinski definition) is 2. The van der Waals surface area contributed by atoms with Crippen molar-refractivity contribution in [1.29, 1.82) is 0 Å². The molecule has 0 saturated carbocycles. The Balaban J connectivity index is 2.59. The monoisotopic (exact) mass is 228 g/mol. The van der Waals surface area contributed by atoms with Gasteiger partial charge in [0.15, 0.2) is 10.9 Å². The van der Waals surface area contributed by atoms with Crippen LogP contribution in [-0.4, -0.2) is 28.4 Å². The van der Waals surface area contributed by atoms with Gasteiger partial charge in [-0.3, -0.25) is 9.59 Å². The van der Waals surface area contributed by atoms with Crippen molar-refractivity contribution in [3.63, 3.8) is 0 Å². The zero-order chi connectivity index (χ0) is 11.4. The Labute approximate surface area is 91.1 Å². The second kappa shape index (κ2) is 4.88. The van der Waals surface area contributed by atoms with Gasteiger partial charge >= 0.3 is 5.97 Å². The summed E-state index contributed by atoms with van der Waals surface area (Å²) in [7, 11) is 0. The first-order valence-corrected chi connectivity index (χ1v) is 5.26. The molecule has 1 heterocycles. The van der Waals surface area contributed by atoms with Crippen molar-refractivity contribution in [1.82, 2.24) is 4.98 Å². The van der Waals surface area contributed by atoms with Gasteiger partial charge in [-0.25, -0.2) is 4.98 Å². The van der Waals surface area contributed by atoms with Crippen LogP contribution in [0.4, 0.5) is 5.13 Å². The molecule has 0 amide bonds. The molecule has 0 fully saturated rings. The van der Waals surface area contributed by atoms with E-state index in [2.05, 4.69) is 10.3 Å². The van der Waals surface area contributed by atoms with Gasteiger partial charge in [-0.05, 0) is 6.92 Å². The third-order valence-electron chi connectivity index (χ3n) is 1.75. The molecule has 1 aromatic rings. The smallest absolute Gasteiger partial charge is 0.305 e. The first kappa shape index (κ1) is 11.6. The molecule has 0 aliphatic carbocycles. The second-order valence-electron chi connectivity index (χ2n) is 3.05. The molecule has 82 valence electrons. The molecular weight excluding hydrogens is 216 g/mol. The maximum atomic E-state index is 11.1. The Bertz CT molecular complexity index is 387. The summed E-state index contributed by atoms with van der Waals surface area (Å²) in [6.45, 7) is 3.60. The van der Waals surface area contributed by atoms with Crippen molar-refractivity contribution in [2.24, 2.45) is 0 Å². The van der Waals surface area contributed by atoms with Crippen molar-refractivity contribution in [3.05, 3.63) is 10.6 Å². The molecule has 0 saturated heterocycles. The van der Waals surface area contributed by atoms with Gasteiger partial charge in [0.25, 0.3) is 0 Å². The first-order chi connectivity index (χ1) is 7.00. The number of rotatable bonds is 5. The minimum Gasteiger partial charge on any atom is -0.481 e. The number of nitrogens with zero attached hydrogens (tertiary/aromatic N) is 1. The molecule has 15 heavy (non-hydrogen) atoms. The summed E-state index contributed by atoms with van der Waals surface area (Å²) in [4.78, 5) is 26.3. The predicted octanol–water partition coefficient (Wildman–Crippen LogP) is 1.54. The van der Waals surface area contributed by atoms with Gasteiger partial charge in [-0.2, -0.15) is 0 Å². The lowest BCUT2D eigenvalue weighted by Crippen LogP contribution is -2.07. The lowest BCUT2D eigenvalue weighted by atomic mass is 10.3. The van der Waals surface area contributed by atoms with E-state index in [1.165, 1.54) is 18.3 Å². The zero-order valence-electron chi connectivity index (χ0n) is 8.53. The highest BCUT2D eigenvalue weighted by molar-refractivity contribution is 7.15. The van der Waals surface area contributed by atoms with Crippen LogP contribution in [0.3, 0.4) is 0 Å². The Hall–Kier alpha value is -1.43. The number of aryl methyl sites for hydroxylation is 1. The van der Waals surface area contributed by atoms with Gasteiger partial charge < -0.3 is 10.4 Å². The van der Waals surface area contributed by atoms with Crippen LogP contribution in [0.1, 0.15) is 28.7 Å². The van der Waals surface area contributed by atoms with Crippen LogP contribution in [0.25, 0.3) is 0 Å². The average molecular weight is 228 g/mol. The van der Waals surface area contributed by atoms with E-state index in [1.54, 1.807) is 0 Å².